The number of nitrogens with zero attached hydrogens (tertiary/aromatic N) is 1. The Kier molecular flexibility index (Phi) is 6.55. The van der Waals surface area contributed by atoms with Crippen molar-refractivity contribution >= 4 is 17.4 Å². The molecule has 0 spiro atoms. The zero-order chi connectivity index (χ0) is 24.4. The number of benzene rings is 3. The second kappa shape index (κ2) is 9.92. The van der Waals surface area contributed by atoms with Gasteiger partial charge in [0.1, 0.15) is 5.75 Å². The van der Waals surface area contributed by atoms with Gasteiger partial charge in [-0.1, -0.05) is 55.8 Å². The molecule has 0 atom stereocenters. The number of hydrogen-bond donors (Lipinski definition) is 2. The number of anilines is 1. The Morgan fingerprint density at radius 3 is 2.37 bits per heavy atom. The molecule has 1 fully saturated rings. The second-order valence-electron chi connectivity index (χ2n) is 8.99. The molecule has 3 aromatic carbocycles. The molecule has 2 N–H and O–H groups in total. The number of ketones is 1. The van der Waals surface area contributed by atoms with Gasteiger partial charge in [0, 0.05) is 49.4 Å². The van der Waals surface area contributed by atoms with Gasteiger partial charge >= 0.3 is 0 Å². The third kappa shape index (κ3) is 4.08. The van der Waals surface area contributed by atoms with Crippen molar-refractivity contribution < 1.29 is 14.3 Å². The van der Waals surface area contributed by atoms with Crippen molar-refractivity contribution in [2.45, 2.75) is 19.8 Å². The van der Waals surface area contributed by atoms with E-state index in [-0.39, 0.29) is 11.7 Å². The van der Waals surface area contributed by atoms with E-state index in [4.69, 9.17) is 4.74 Å². The second-order valence-corrected chi connectivity index (χ2v) is 8.99. The van der Waals surface area contributed by atoms with Crippen LogP contribution in [0, 0.1) is 0 Å². The number of methoxy groups -OCH3 is 1. The molecule has 1 aliphatic heterocycles. The molecule has 0 unspecified atom stereocenters. The number of ether oxygens (including phenoxy) is 1. The summed E-state index contributed by atoms with van der Waals surface area (Å²) in [6, 6.07) is 17.5. The van der Waals surface area contributed by atoms with Crippen LogP contribution in [0.15, 0.2) is 54.6 Å². The van der Waals surface area contributed by atoms with Crippen LogP contribution in [0.1, 0.15) is 46.0 Å². The fraction of sp³-hybridized carbons (Fsp3) is 0.310. The first-order chi connectivity index (χ1) is 17.2. The van der Waals surface area contributed by atoms with Gasteiger partial charge in [-0.15, -0.1) is 0 Å². The van der Waals surface area contributed by atoms with Crippen LogP contribution >= 0.6 is 0 Å². The maximum Gasteiger partial charge on any atom is 0.253 e. The maximum atomic E-state index is 13.9. The van der Waals surface area contributed by atoms with Crippen LogP contribution in [-0.2, 0) is 0 Å². The van der Waals surface area contributed by atoms with E-state index in [0.29, 0.717) is 29.0 Å². The Bertz CT molecular complexity index is 1280. The Balaban J connectivity index is 1.81. The largest absolute Gasteiger partial charge is 0.496 e. The Morgan fingerprint density at radius 2 is 1.66 bits per heavy atom. The summed E-state index contributed by atoms with van der Waals surface area (Å²) in [6.07, 6.45) is 1.90. The molecule has 3 aromatic rings. The van der Waals surface area contributed by atoms with Gasteiger partial charge < -0.3 is 20.3 Å². The summed E-state index contributed by atoms with van der Waals surface area (Å²) < 4.78 is 5.70. The summed E-state index contributed by atoms with van der Waals surface area (Å²) >= 11 is 0. The molecular weight excluding hydrogens is 438 g/mol. The van der Waals surface area contributed by atoms with Crippen LogP contribution in [0.4, 0.5) is 5.69 Å². The molecule has 1 heterocycles. The van der Waals surface area contributed by atoms with Crippen LogP contribution < -0.4 is 20.3 Å². The molecule has 1 aliphatic carbocycles. The van der Waals surface area contributed by atoms with Crippen LogP contribution in [0.3, 0.4) is 0 Å². The fourth-order valence-corrected chi connectivity index (χ4v) is 5.15. The minimum Gasteiger partial charge on any atom is -0.496 e. The van der Waals surface area contributed by atoms with E-state index < -0.39 is 0 Å². The SMILES string of the molecule is CCCCNC(=O)c1cc(-c2ccccc2OC)c2c(c1N1CCNCC1)C(=O)c1ccccc1-2. The van der Waals surface area contributed by atoms with Gasteiger partial charge in [-0.2, -0.15) is 0 Å². The lowest BCUT2D eigenvalue weighted by Crippen LogP contribution is -2.45. The normalized spacial score (nSPS) is 14.5. The molecule has 5 rings (SSSR count). The monoisotopic (exact) mass is 469 g/mol. The number of carbonyl (C=O) groups excluding carboxylic acids is 2. The number of unbranched alkanes of at least 4 members (excludes halogenated alkanes) is 1. The predicted octanol–water partition coefficient (Wildman–Crippen LogP) is 4.51. The number of nitrogens with one attached hydrogen (secondary N) is 2. The van der Waals surface area contributed by atoms with Crippen molar-refractivity contribution in [1.29, 1.82) is 0 Å². The molecule has 2 aliphatic rings. The standard InChI is InChI=1S/C29H31N3O3/c1-3-4-13-31-29(34)23-18-22(19-9-7-8-12-24(19)35-2)25-20-10-5-6-11-21(20)28(33)26(25)27(23)32-16-14-30-15-17-32/h5-12,18,30H,3-4,13-17H2,1-2H3,(H,31,34). The molecule has 180 valence electrons. The predicted molar refractivity (Wildman–Crippen MR) is 140 cm³/mol. The van der Waals surface area contributed by atoms with Crippen molar-refractivity contribution in [3.63, 3.8) is 0 Å². The van der Waals surface area contributed by atoms with E-state index in [1.54, 1.807) is 7.11 Å². The quantitative estimate of drug-likeness (QED) is 0.390. The van der Waals surface area contributed by atoms with Crippen molar-refractivity contribution in [2.24, 2.45) is 0 Å². The number of hydrogen-bond acceptors (Lipinski definition) is 5. The summed E-state index contributed by atoms with van der Waals surface area (Å²) in [5, 5.41) is 6.47. The molecule has 1 saturated heterocycles. The first kappa shape index (κ1) is 23.1. The van der Waals surface area contributed by atoms with Crippen LogP contribution in [0.5, 0.6) is 5.75 Å². The van der Waals surface area contributed by atoms with Gasteiger partial charge in [-0.05, 0) is 29.7 Å². The van der Waals surface area contributed by atoms with Gasteiger partial charge in [-0.25, -0.2) is 0 Å². The van der Waals surface area contributed by atoms with Crippen molar-refractivity contribution in [3.05, 3.63) is 71.3 Å². The lowest BCUT2D eigenvalue weighted by Gasteiger charge is -2.33. The number of piperazine rings is 1. The van der Waals surface area contributed by atoms with Crippen molar-refractivity contribution in [3.8, 4) is 28.0 Å². The van der Waals surface area contributed by atoms with E-state index in [1.807, 2.05) is 54.6 Å². The maximum absolute atomic E-state index is 13.9. The summed E-state index contributed by atoms with van der Waals surface area (Å²) in [5.41, 5.74) is 6.09. The summed E-state index contributed by atoms with van der Waals surface area (Å²) in [4.78, 5) is 29.7. The van der Waals surface area contributed by atoms with Crippen molar-refractivity contribution in [2.75, 3.05) is 44.7 Å². The molecule has 0 bridgehead atoms. The van der Waals surface area contributed by atoms with E-state index in [1.165, 1.54) is 0 Å². The van der Waals surface area contributed by atoms with E-state index in [2.05, 4.69) is 22.5 Å². The van der Waals surface area contributed by atoms with Crippen LogP contribution in [0.2, 0.25) is 0 Å². The summed E-state index contributed by atoms with van der Waals surface area (Å²) in [5.74, 6) is 0.539. The van der Waals surface area contributed by atoms with Gasteiger partial charge in [0.05, 0.1) is 23.9 Å². The van der Waals surface area contributed by atoms with E-state index >= 15 is 0 Å². The Hall–Kier alpha value is -3.64. The number of amides is 1. The minimum absolute atomic E-state index is 0.0245. The molecule has 0 aromatic heterocycles. The Morgan fingerprint density at radius 1 is 0.971 bits per heavy atom. The van der Waals surface area contributed by atoms with Crippen LogP contribution in [-0.4, -0.2) is 51.5 Å². The van der Waals surface area contributed by atoms with E-state index in [0.717, 1.165) is 67.0 Å². The zero-order valence-electron chi connectivity index (χ0n) is 20.3. The molecular formula is C29H31N3O3. The summed E-state index contributed by atoms with van der Waals surface area (Å²) in [7, 11) is 1.64. The zero-order valence-corrected chi connectivity index (χ0v) is 20.3. The van der Waals surface area contributed by atoms with Gasteiger partial charge in [-0.3, -0.25) is 9.59 Å². The lowest BCUT2D eigenvalue weighted by atomic mass is 9.89. The highest BCUT2D eigenvalue weighted by Crippen LogP contribution is 2.50. The highest BCUT2D eigenvalue weighted by atomic mass is 16.5. The third-order valence-electron chi connectivity index (χ3n) is 6.86. The van der Waals surface area contributed by atoms with Gasteiger partial charge in [0.25, 0.3) is 5.91 Å². The van der Waals surface area contributed by atoms with Gasteiger partial charge in [0.15, 0.2) is 5.78 Å². The number of para-hydroxylation sites is 1. The highest BCUT2D eigenvalue weighted by molar-refractivity contribution is 6.28. The van der Waals surface area contributed by atoms with Gasteiger partial charge in [0.2, 0.25) is 0 Å². The topological polar surface area (TPSA) is 70.7 Å². The number of rotatable bonds is 7. The Labute approximate surface area is 206 Å². The van der Waals surface area contributed by atoms with Crippen molar-refractivity contribution in [1.82, 2.24) is 10.6 Å². The van der Waals surface area contributed by atoms with Crippen LogP contribution in [0.25, 0.3) is 22.3 Å². The fourth-order valence-electron chi connectivity index (χ4n) is 5.15. The lowest BCUT2D eigenvalue weighted by molar-refractivity contribution is 0.0953. The average molecular weight is 470 g/mol. The third-order valence-corrected chi connectivity index (χ3v) is 6.86. The average Bonchev–Trinajstić information content (AvgIpc) is 3.21. The highest BCUT2D eigenvalue weighted by Gasteiger charge is 2.37. The summed E-state index contributed by atoms with van der Waals surface area (Å²) in [6.45, 7) is 5.79. The molecule has 6 heteroatoms. The van der Waals surface area contributed by atoms with E-state index in [9.17, 15) is 9.59 Å². The molecule has 0 saturated carbocycles. The first-order valence-corrected chi connectivity index (χ1v) is 12.4. The smallest absolute Gasteiger partial charge is 0.253 e. The molecule has 1 amide bonds. The number of fused-ring (bicyclic) bond motifs is 3. The molecule has 6 nitrogen and oxygen atoms in total. The molecule has 35 heavy (non-hydrogen) atoms. The minimum atomic E-state index is -0.144. The molecule has 0 radical (unpaired) electrons. The first-order valence-electron chi connectivity index (χ1n) is 12.4. The number of carbonyl (C=O) groups is 2.